The zero-order valence-corrected chi connectivity index (χ0v) is 17.9. The highest BCUT2D eigenvalue weighted by molar-refractivity contribution is 6.30. The Labute approximate surface area is 177 Å². The van der Waals surface area contributed by atoms with Crippen molar-refractivity contribution in [2.75, 3.05) is 13.7 Å². The topological polar surface area (TPSA) is 58.9 Å². The Hall–Kier alpha value is -1.43. The van der Waals surface area contributed by atoms with Gasteiger partial charge < -0.3 is 19.7 Å². The minimum absolute atomic E-state index is 0.0525. The molecule has 29 heavy (non-hydrogen) atoms. The van der Waals surface area contributed by atoms with Crippen molar-refractivity contribution >= 4 is 11.6 Å². The van der Waals surface area contributed by atoms with Crippen LogP contribution in [0.2, 0.25) is 5.02 Å². The molecule has 2 aromatic carbocycles. The Morgan fingerprint density at radius 1 is 1.14 bits per heavy atom. The molecule has 0 radical (unpaired) electrons. The number of halogens is 1. The van der Waals surface area contributed by atoms with Gasteiger partial charge in [-0.2, -0.15) is 0 Å². The van der Waals surface area contributed by atoms with Gasteiger partial charge in [-0.1, -0.05) is 48.9 Å². The number of aryl methyl sites for hydroxylation is 1. The summed E-state index contributed by atoms with van der Waals surface area (Å²) in [5, 5.41) is 23.2. The molecular formula is C24H29ClO4. The van der Waals surface area contributed by atoms with E-state index in [2.05, 4.69) is 25.1 Å². The minimum Gasteiger partial charge on any atom is -0.390 e. The molecule has 5 heteroatoms. The van der Waals surface area contributed by atoms with Gasteiger partial charge in [0.05, 0.1) is 30.5 Å². The van der Waals surface area contributed by atoms with Crippen LogP contribution in [0.5, 0.6) is 0 Å². The summed E-state index contributed by atoms with van der Waals surface area (Å²) in [6.45, 7) is 4.56. The van der Waals surface area contributed by atoms with Crippen LogP contribution in [-0.2, 0) is 15.9 Å². The van der Waals surface area contributed by atoms with Gasteiger partial charge in [-0.25, -0.2) is 0 Å². The van der Waals surface area contributed by atoms with Gasteiger partial charge in [0.15, 0.2) is 0 Å². The highest BCUT2D eigenvalue weighted by atomic mass is 35.5. The third-order valence-corrected chi connectivity index (χ3v) is 7.09. The van der Waals surface area contributed by atoms with Gasteiger partial charge in [0, 0.05) is 24.0 Å². The predicted octanol–water partition coefficient (Wildman–Crippen LogP) is 4.20. The van der Waals surface area contributed by atoms with E-state index in [9.17, 15) is 10.2 Å². The van der Waals surface area contributed by atoms with Crippen LogP contribution in [0.15, 0.2) is 42.5 Å². The summed E-state index contributed by atoms with van der Waals surface area (Å²) in [7, 11) is 1.66. The Morgan fingerprint density at radius 3 is 2.48 bits per heavy atom. The van der Waals surface area contributed by atoms with Crippen LogP contribution in [0.4, 0.5) is 0 Å². The van der Waals surface area contributed by atoms with Crippen molar-refractivity contribution in [3.8, 4) is 11.1 Å². The molecule has 2 saturated heterocycles. The van der Waals surface area contributed by atoms with Gasteiger partial charge in [0.2, 0.25) is 0 Å². The van der Waals surface area contributed by atoms with Crippen molar-refractivity contribution in [1.29, 1.82) is 0 Å². The van der Waals surface area contributed by atoms with E-state index in [1.165, 1.54) is 0 Å². The maximum atomic E-state index is 11.4. The van der Waals surface area contributed by atoms with Crippen molar-refractivity contribution in [1.82, 2.24) is 0 Å². The molecule has 4 nitrogen and oxygen atoms in total. The lowest BCUT2D eigenvalue weighted by Crippen LogP contribution is -2.56. The van der Waals surface area contributed by atoms with E-state index in [4.69, 9.17) is 21.1 Å². The van der Waals surface area contributed by atoms with Gasteiger partial charge in [0.25, 0.3) is 0 Å². The molecule has 4 rings (SSSR count). The summed E-state index contributed by atoms with van der Waals surface area (Å²) in [6, 6.07) is 14.0. The summed E-state index contributed by atoms with van der Waals surface area (Å²) in [4.78, 5) is 0. The highest BCUT2D eigenvalue weighted by Crippen LogP contribution is 2.51. The van der Waals surface area contributed by atoms with E-state index in [0.29, 0.717) is 18.1 Å². The quantitative estimate of drug-likeness (QED) is 0.766. The Balaban J connectivity index is 1.77. The predicted molar refractivity (Wildman–Crippen MR) is 114 cm³/mol. The van der Waals surface area contributed by atoms with Gasteiger partial charge in [0.1, 0.15) is 0 Å². The van der Waals surface area contributed by atoms with Crippen LogP contribution in [-0.4, -0.2) is 47.8 Å². The SMILES string of the molecule is CCc1ccc(-c2ccc(Cl)cc2)cc1C1C(O)C2CC(COC)C(C)(O2)C1O. The van der Waals surface area contributed by atoms with Crippen LogP contribution in [0.3, 0.4) is 0 Å². The van der Waals surface area contributed by atoms with E-state index in [-0.39, 0.29) is 12.0 Å². The second kappa shape index (κ2) is 8.01. The van der Waals surface area contributed by atoms with Crippen LogP contribution in [0, 0.1) is 5.92 Å². The molecular weight excluding hydrogens is 388 g/mol. The Kier molecular flexibility index (Phi) is 5.75. The summed E-state index contributed by atoms with van der Waals surface area (Å²) < 4.78 is 11.5. The van der Waals surface area contributed by atoms with E-state index in [0.717, 1.165) is 28.7 Å². The van der Waals surface area contributed by atoms with E-state index >= 15 is 0 Å². The lowest BCUT2D eigenvalue weighted by molar-refractivity contribution is -0.204. The molecule has 0 aliphatic carbocycles. The smallest absolute Gasteiger partial charge is 0.0975 e. The number of hydrogen-bond donors (Lipinski definition) is 2. The van der Waals surface area contributed by atoms with E-state index in [1.54, 1.807) is 7.11 Å². The number of ether oxygens (including phenoxy) is 2. The van der Waals surface area contributed by atoms with E-state index < -0.39 is 23.7 Å². The zero-order chi connectivity index (χ0) is 20.8. The van der Waals surface area contributed by atoms with Gasteiger partial charge in [-0.15, -0.1) is 0 Å². The maximum Gasteiger partial charge on any atom is 0.0975 e. The van der Waals surface area contributed by atoms with Gasteiger partial charge in [-0.05, 0) is 54.2 Å². The fraction of sp³-hybridized carbons (Fsp3) is 0.500. The molecule has 6 atom stereocenters. The fourth-order valence-corrected chi connectivity index (χ4v) is 5.24. The minimum atomic E-state index is -0.817. The first-order valence-electron chi connectivity index (χ1n) is 10.3. The summed E-state index contributed by atoms with van der Waals surface area (Å²) in [5.41, 5.74) is 3.51. The zero-order valence-electron chi connectivity index (χ0n) is 17.1. The molecule has 156 valence electrons. The summed E-state index contributed by atoms with van der Waals surface area (Å²) in [5.74, 6) is -0.348. The number of rotatable bonds is 5. The summed E-state index contributed by atoms with van der Waals surface area (Å²) >= 11 is 6.04. The molecule has 2 aromatic rings. The van der Waals surface area contributed by atoms with Crippen LogP contribution < -0.4 is 0 Å². The average molecular weight is 417 g/mol. The third-order valence-electron chi connectivity index (χ3n) is 6.84. The number of hydrogen-bond acceptors (Lipinski definition) is 4. The molecule has 0 saturated carbocycles. The second-order valence-electron chi connectivity index (χ2n) is 8.46. The van der Waals surface area contributed by atoms with Crippen molar-refractivity contribution < 1.29 is 19.7 Å². The highest BCUT2D eigenvalue weighted by Gasteiger charge is 2.60. The monoisotopic (exact) mass is 416 g/mol. The molecule has 2 fully saturated rings. The lowest BCUT2D eigenvalue weighted by Gasteiger charge is -2.45. The molecule has 0 aromatic heterocycles. The number of benzene rings is 2. The standard InChI is InChI=1S/C24H29ClO4/c1-4-14-5-6-16(15-7-9-18(25)10-8-15)11-19(14)21-22(26)20-12-17(13-28-3)24(2,29-20)23(21)27/h5-11,17,20-23,26-27H,4,12-13H2,1-3H3. The van der Waals surface area contributed by atoms with Crippen LogP contribution in [0.25, 0.3) is 11.1 Å². The number of fused-ring (bicyclic) bond motifs is 2. The van der Waals surface area contributed by atoms with Crippen molar-refractivity contribution in [2.24, 2.45) is 5.92 Å². The van der Waals surface area contributed by atoms with Gasteiger partial charge >= 0.3 is 0 Å². The lowest BCUT2D eigenvalue weighted by atomic mass is 9.74. The van der Waals surface area contributed by atoms with Crippen molar-refractivity contribution in [3.63, 3.8) is 0 Å². The molecule has 2 aliphatic heterocycles. The first-order valence-corrected chi connectivity index (χ1v) is 10.7. The first kappa shape index (κ1) is 20.8. The molecule has 2 N–H and O–H groups in total. The normalized spacial score (nSPS) is 33.8. The Bertz CT molecular complexity index is 868. The molecule has 0 amide bonds. The number of aliphatic hydroxyl groups is 2. The van der Waals surface area contributed by atoms with Crippen LogP contribution >= 0.6 is 11.6 Å². The van der Waals surface area contributed by atoms with E-state index in [1.807, 2.05) is 31.2 Å². The maximum absolute atomic E-state index is 11.4. The fourth-order valence-electron chi connectivity index (χ4n) is 5.12. The van der Waals surface area contributed by atoms with Crippen molar-refractivity contribution in [2.45, 2.75) is 56.5 Å². The van der Waals surface area contributed by atoms with Crippen molar-refractivity contribution in [3.05, 3.63) is 58.6 Å². The molecule has 6 unspecified atom stereocenters. The van der Waals surface area contributed by atoms with Crippen LogP contribution in [0.1, 0.15) is 37.3 Å². The first-order chi connectivity index (χ1) is 13.9. The molecule has 0 spiro atoms. The molecule has 2 heterocycles. The molecule has 2 aliphatic rings. The Morgan fingerprint density at radius 2 is 1.83 bits per heavy atom. The number of methoxy groups -OCH3 is 1. The third kappa shape index (κ3) is 3.51. The molecule has 2 bridgehead atoms. The largest absolute Gasteiger partial charge is 0.390 e. The van der Waals surface area contributed by atoms with Gasteiger partial charge in [-0.3, -0.25) is 0 Å². The second-order valence-corrected chi connectivity index (χ2v) is 8.90. The average Bonchev–Trinajstić information content (AvgIpc) is 3.03. The summed E-state index contributed by atoms with van der Waals surface area (Å²) in [6.07, 6.45) is -0.349. The number of aliphatic hydroxyl groups excluding tert-OH is 2.